The second-order valence-corrected chi connectivity index (χ2v) is 11.2. The third-order valence-electron chi connectivity index (χ3n) is 8.73. The van der Waals surface area contributed by atoms with Gasteiger partial charge in [-0.1, -0.05) is 42.8 Å². The van der Waals surface area contributed by atoms with E-state index in [1.807, 2.05) is 42.5 Å². The molecule has 3 aromatic rings. The number of phenolic OH excluding ortho intramolecular Hbond substituents is 1. The predicted octanol–water partition coefficient (Wildman–Crippen LogP) is 5.66. The number of halogens is 1. The van der Waals surface area contributed by atoms with E-state index in [4.69, 9.17) is 4.65 Å². The highest BCUT2D eigenvalue weighted by atomic mass is 19.1. The molecule has 42 heavy (non-hydrogen) atoms. The smallest absolute Gasteiger partial charge is 0.455 e. The molecule has 214 valence electrons. The SMILES string of the molecule is CCC1=C2[C@@H](CC/C(=C/c3ccc(O)c(F)c3)c3ccccn3)OB(O)C[C@@H]2[C@@H]2C(=O)N(c3ccccc3)C(=O)[C@@H]2C1. The van der Waals surface area contributed by atoms with Gasteiger partial charge in [0, 0.05) is 6.20 Å². The second kappa shape index (κ2) is 11.7. The second-order valence-electron chi connectivity index (χ2n) is 11.2. The topological polar surface area (TPSA) is 100.0 Å². The number of aromatic hydroxyl groups is 1. The van der Waals surface area contributed by atoms with Crippen molar-refractivity contribution in [3.8, 4) is 5.75 Å². The maximum Gasteiger partial charge on any atom is 0.455 e. The van der Waals surface area contributed by atoms with Gasteiger partial charge in [-0.05, 0) is 97.1 Å². The molecule has 0 spiro atoms. The van der Waals surface area contributed by atoms with Crippen molar-refractivity contribution in [3.63, 3.8) is 0 Å². The first-order chi connectivity index (χ1) is 20.4. The van der Waals surface area contributed by atoms with Gasteiger partial charge in [0.15, 0.2) is 11.6 Å². The molecule has 4 atom stereocenters. The minimum Gasteiger partial charge on any atom is -0.505 e. The zero-order valence-electron chi connectivity index (χ0n) is 23.3. The highest BCUT2D eigenvalue weighted by Gasteiger charge is 2.57. The van der Waals surface area contributed by atoms with Crippen LogP contribution in [0.5, 0.6) is 5.75 Å². The number of amides is 2. The molecular formula is C33H32BFN2O5. The van der Waals surface area contributed by atoms with Crippen LogP contribution in [0.4, 0.5) is 10.1 Å². The molecule has 1 aromatic heterocycles. The molecule has 7 nitrogen and oxygen atoms in total. The zero-order chi connectivity index (χ0) is 29.4. The maximum atomic E-state index is 14.1. The van der Waals surface area contributed by atoms with Gasteiger partial charge in [0.2, 0.25) is 11.8 Å². The Balaban J connectivity index is 1.31. The average Bonchev–Trinajstić information content (AvgIpc) is 3.26. The number of carbonyl (C=O) groups excluding carboxylic acids is 2. The molecule has 6 rings (SSSR count). The monoisotopic (exact) mass is 566 g/mol. The molecule has 2 saturated heterocycles. The number of pyridine rings is 1. The molecule has 0 saturated carbocycles. The van der Waals surface area contributed by atoms with Crippen LogP contribution < -0.4 is 4.90 Å². The quantitative estimate of drug-likeness (QED) is 0.218. The normalized spacial score (nSPS) is 24.2. The maximum absolute atomic E-state index is 14.1. The average molecular weight is 566 g/mol. The zero-order valence-corrected chi connectivity index (χ0v) is 23.3. The summed E-state index contributed by atoms with van der Waals surface area (Å²) in [5.74, 6) is -2.82. The molecule has 0 bridgehead atoms. The van der Waals surface area contributed by atoms with Crippen molar-refractivity contribution in [2.75, 3.05) is 4.90 Å². The molecule has 0 unspecified atom stereocenters. The van der Waals surface area contributed by atoms with Crippen LogP contribution in [0.25, 0.3) is 11.6 Å². The number of imide groups is 1. The molecule has 3 aliphatic rings. The van der Waals surface area contributed by atoms with Crippen LogP contribution in [0.3, 0.4) is 0 Å². The first-order valence-corrected chi connectivity index (χ1v) is 14.4. The van der Waals surface area contributed by atoms with Crippen LogP contribution in [-0.2, 0) is 14.2 Å². The fourth-order valence-electron chi connectivity index (χ4n) is 6.86. The summed E-state index contributed by atoms with van der Waals surface area (Å²) in [6, 6.07) is 18.8. The Morgan fingerprint density at radius 3 is 2.60 bits per heavy atom. The summed E-state index contributed by atoms with van der Waals surface area (Å²) in [7, 11) is -1.07. The Labute approximate surface area is 244 Å². The fraction of sp³-hybridized carbons (Fsp3) is 0.303. The van der Waals surface area contributed by atoms with Gasteiger partial charge in [-0.2, -0.15) is 0 Å². The van der Waals surface area contributed by atoms with Crippen molar-refractivity contribution >= 4 is 36.3 Å². The number of hydrogen-bond acceptors (Lipinski definition) is 6. The van der Waals surface area contributed by atoms with Gasteiger partial charge in [-0.3, -0.25) is 19.5 Å². The van der Waals surface area contributed by atoms with E-state index >= 15 is 0 Å². The van der Waals surface area contributed by atoms with Gasteiger partial charge in [-0.25, -0.2) is 4.39 Å². The van der Waals surface area contributed by atoms with Gasteiger partial charge in [-0.15, -0.1) is 0 Å². The predicted molar refractivity (Wildman–Crippen MR) is 158 cm³/mol. The Bertz CT molecular complexity index is 1560. The van der Waals surface area contributed by atoms with E-state index in [0.29, 0.717) is 36.9 Å². The molecule has 3 heterocycles. The van der Waals surface area contributed by atoms with E-state index in [9.17, 15) is 24.1 Å². The lowest BCUT2D eigenvalue weighted by Gasteiger charge is -2.43. The number of allylic oxidation sites excluding steroid dienone is 2. The summed E-state index contributed by atoms with van der Waals surface area (Å²) in [4.78, 5) is 33.2. The van der Waals surface area contributed by atoms with E-state index in [1.54, 1.807) is 24.4 Å². The number of rotatable bonds is 7. The van der Waals surface area contributed by atoms with Gasteiger partial charge >= 0.3 is 7.12 Å². The van der Waals surface area contributed by atoms with Crippen molar-refractivity contribution in [2.45, 2.75) is 45.0 Å². The molecule has 9 heteroatoms. The lowest BCUT2D eigenvalue weighted by Crippen LogP contribution is -2.46. The standard InChI is InChI=1S/C33H32BFN2O5/c1-2-21-18-24-31(33(40)37(32(24)39)23-8-4-3-5-9-23)25-19-34(41)42-29(30(21)25)14-12-22(27-10-6-7-15-36-27)16-20-11-13-28(38)26(35)17-20/h3-11,13,15-17,24-25,29,31,38,41H,2,12,14,18-19H2,1H3/b22-16-/t24-,25+,29-,31-/m1/s1. The van der Waals surface area contributed by atoms with Crippen LogP contribution in [-0.4, -0.2) is 40.2 Å². The summed E-state index contributed by atoms with van der Waals surface area (Å²) in [6.45, 7) is 2.05. The Morgan fingerprint density at radius 2 is 1.88 bits per heavy atom. The molecular weight excluding hydrogens is 534 g/mol. The third-order valence-corrected chi connectivity index (χ3v) is 8.73. The van der Waals surface area contributed by atoms with Gasteiger partial charge < -0.3 is 14.8 Å². The Hall–Kier alpha value is -4.08. The van der Waals surface area contributed by atoms with Crippen LogP contribution in [0.15, 0.2) is 84.1 Å². The van der Waals surface area contributed by atoms with Crippen LogP contribution in [0.2, 0.25) is 6.32 Å². The van der Waals surface area contributed by atoms with E-state index in [2.05, 4.69) is 11.9 Å². The van der Waals surface area contributed by atoms with Gasteiger partial charge in [0.1, 0.15) is 0 Å². The summed E-state index contributed by atoms with van der Waals surface area (Å²) in [5, 5.41) is 20.5. The van der Waals surface area contributed by atoms with Crippen molar-refractivity contribution in [3.05, 3.63) is 101 Å². The van der Waals surface area contributed by atoms with Crippen LogP contribution >= 0.6 is 0 Å². The van der Waals surface area contributed by atoms with Crippen LogP contribution in [0.1, 0.15) is 43.9 Å². The molecule has 2 amide bonds. The number of anilines is 1. The van der Waals surface area contributed by atoms with E-state index in [0.717, 1.165) is 22.4 Å². The lowest BCUT2D eigenvalue weighted by molar-refractivity contribution is -0.122. The molecule has 2 fully saturated rings. The number of fused-ring (bicyclic) bond motifs is 3. The first kappa shape index (κ1) is 28.1. The number of hydrogen-bond donors (Lipinski definition) is 2. The highest BCUT2D eigenvalue weighted by molar-refractivity contribution is 6.43. The Kier molecular flexibility index (Phi) is 7.79. The van der Waals surface area contributed by atoms with Crippen molar-refractivity contribution in [2.24, 2.45) is 17.8 Å². The number of nitrogens with zero attached hydrogens (tertiary/aromatic N) is 2. The minimum atomic E-state index is -1.07. The van der Waals surface area contributed by atoms with Crippen molar-refractivity contribution in [1.82, 2.24) is 4.98 Å². The van der Waals surface area contributed by atoms with Gasteiger partial charge in [0.05, 0.1) is 29.3 Å². The highest BCUT2D eigenvalue weighted by Crippen LogP contribution is 2.52. The van der Waals surface area contributed by atoms with E-state index < -0.39 is 36.6 Å². The third kappa shape index (κ3) is 5.19. The molecule has 0 radical (unpaired) electrons. The number of phenols is 1. The number of carbonyl (C=O) groups is 2. The Morgan fingerprint density at radius 1 is 1.10 bits per heavy atom. The summed E-state index contributed by atoms with van der Waals surface area (Å²) < 4.78 is 20.2. The molecule has 2 N–H and O–H groups in total. The van der Waals surface area contributed by atoms with E-state index in [-0.39, 0.29) is 24.1 Å². The number of para-hydroxylation sites is 1. The minimum absolute atomic E-state index is 0.180. The van der Waals surface area contributed by atoms with Crippen molar-refractivity contribution < 1.29 is 28.8 Å². The van der Waals surface area contributed by atoms with Gasteiger partial charge in [0.25, 0.3) is 0 Å². The first-order valence-electron chi connectivity index (χ1n) is 14.4. The lowest BCUT2D eigenvalue weighted by atomic mass is 9.58. The fourth-order valence-corrected chi connectivity index (χ4v) is 6.86. The number of aromatic nitrogens is 1. The van der Waals surface area contributed by atoms with Crippen molar-refractivity contribution in [1.29, 1.82) is 0 Å². The molecule has 2 aromatic carbocycles. The number of benzene rings is 2. The largest absolute Gasteiger partial charge is 0.505 e. The summed E-state index contributed by atoms with van der Waals surface area (Å²) >= 11 is 0. The molecule has 2 aliphatic heterocycles. The van der Waals surface area contributed by atoms with E-state index in [1.165, 1.54) is 17.0 Å². The van der Waals surface area contributed by atoms with Crippen LogP contribution in [0, 0.1) is 23.6 Å². The summed E-state index contributed by atoms with van der Waals surface area (Å²) in [5.41, 5.74) is 4.85. The molecule has 1 aliphatic carbocycles. The summed E-state index contributed by atoms with van der Waals surface area (Å²) in [6.07, 6.45) is 5.54.